The fourth-order valence-electron chi connectivity index (χ4n) is 2.94. The Kier molecular flexibility index (Phi) is 6.41. The first-order valence-electron chi connectivity index (χ1n) is 8.27. The van der Waals surface area contributed by atoms with Crippen LogP contribution in [-0.2, 0) is 19.6 Å². The number of para-hydroxylation sites is 1. The van der Waals surface area contributed by atoms with Gasteiger partial charge in [-0.15, -0.1) is 0 Å². The third-order valence-corrected chi connectivity index (χ3v) is 5.40. The zero-order chi connectivity index (χ0) is 18.4. The molecular weight excluding hydrogens is 344 g/mol. The van der Waals surface area contributed by atoms with Crippen LogP contribution in [0.3, 0.4) is 0 Å². The summed E-state index contributed by atoms with van der Waals surface area (Å²) in [6.07, 6.45) is 4.21. The van der Waals surface area contributed by atoms with Crippen LogP contribution in [0.2, 0.25) is 0 Å². The van der Waals surface area contributed by atoms with Gasteiger partial charge in [-0.25, -0.2) is 13.2 Å². The minimum atomic E-state index is -3.65. The van der Waals surface area contributed by atoms with Gasteiger partial charge in [-0.2, -0.15) is 0 Å². The molecule has 0 aromatic heterocycles. The van der Waals surface area contributed by atoms with Crippen molar-refractivity contribution in [2.75, 3.05) is 37.3 Å². The first-order valence-corrected chi connectivity index (χ1v) is 10.1. The number of hydrogen-bond acceptors (Lipinski definition) is 5. The summed E-state index contributed by atoms with van der Waals surface area (Å²) in [4.78, 5) is 26.1. The number of methoxy groups -OCH3 is 1. The molecule has 1 aromatic rings. The van der Waals surface area contributed by atoms with Crippen LogP contribution in [0.25, 0.3) is 0 Å². The molecule has 0 spiro atoms. The van der Waals surface area contributed by atoms with Crippen molar-refractivity contribution in [2.24, 2.45) is 0 Å². The maximum atomic E-state index is 12.3. The van der Waals surface area contributed by atoms with Gasteiger partial charge >= 0.3 is 5.97 Å². The molecule has 0 saturated carbocycles. The van der Waals surface area contributed by atoms with Crippen LogP contribution in [0.4, 0.5) is 5.69 Å². The Morgan fingerprint density at radius 3 is 2.40 bits per heavy atom. The molecular formula is C17H24N2O5S. The lowest BCUT2D eigenvalue weighted by Gasteiger charge is -2.29. The summed E-state index contributed by atoms with van der Waals surface area (Å²) in [6.45, 7) is 1.43. The van der Waals surface area contributed by atoms with Crippen molar-refractivity contribution in [3.63, 3.8) is 0 Å². The largest absolute Gasteiger partial charge is 0.465 e. The number of amides is 1. The van der Waals surface area contributed by atoms with E-state index in [0.29, 0.717) is 0 Å². The molecule has 1 amide bonds. The Labute approximate surface area is 148 Å². The monoisotopic (exact) mass is 368 g/mol. The number of hydrogen-bond donors (Lipinski definition) is 0. The van der Waals surface area contributed by atoms with Gasteiger partial charge in [0.1, 0.15) is 0 Å². The fourth-order valence-corrected chi connectivity index (χ4v) is 3.88. The summed E-state index contributed by atoms with van der Waals surface area (Å²) in [5.74, 6) is -0.685. The highest BCUT2D eigenvalue weighted by atomic mass is 32.2. The average Bonchev–Trinajstić information content (AvgIpc) is 2.61. The average molecular weight is 368 g/mol. The summed E-state index contributed by atoms with van der Waals surface area (Å²) < 4.78 is 30.3. The van der Waals surface area contributed by atoms with Gasteiger partial charge in [0, 0.05) is 26.1 Å². The molecule has 1 saturated heterocycles. The van der Waals surface area contributed by atoms with E-state index in [0.717, 1.165) is 42.9 Å². The molecule has 0 bridgehead atoms. The van der Waals surface area contributed by atoms with Crippen molar-refractivity contribution >= 4 is 27.6 Å². The zero-order valence-electron chi connectivity index (χ0n) is 14.6. The lowest BCUT2D eigenvalue weighted by atomic mass is 10.1. The minimum absolute atomic E-state index is 0.0117. The molecule has 1 aliphatic rings. The topological polar surface area (TPSA) is 84.0 Å². The molecule has 0 radical (unpaired) electrons. The molecule has 0 N–H and O–H groups in total. The fraction of sp³-hybridized carbons (Fsp3) is 0.529. The Morgan fingerprint density at radius 2 is 1.80 bits per heavy atom. The number of benzene rings is 1. The maximum Gasteiger partial charge on any atom is 0.340 e. The number of carbonyl (C=O) groups excluding carboxylic acids is 2. The molecule has 1 fully saturated rings. The van der Waals surface area contributed by atoms with Gasteiger partial charge in [-0.1, -0.05) is 12.1 Å². The van der Waals surface area contributed by atoms with Crippen LogP contribution in [-0.4, -0.2) is 58.2 Å². The highest BCUT2D eigenvalue weighted by Gasteiger charge is 2.25. The van der Waals surface area contributed by atoms with Crippen molar-refractivity contribution in [1.82, 2.24) is 4.90 Å². The minimum Gasteiger partial charge on any atom is -0.465 e. The molecule has 2 rings (SSSR count). The van der Waals surface area contributed by atoms with Gasteiger partial charge in [-0.05, 0) is 31.4 Å². The molecule has 1 aliphatic heterocycles. The first-order chi connectivity index (χ1) is 11.8. The third-order valence-electron chi connectivity index (χ3n) is 4.22. The normalized spacial score (nSPS) is 14.9. The van der Waals surface area contributed by atoms with Crippen LogP contribution < -0.4 is 4.31 Å². The van der Waals surface area contributed by atoms with E-state index in [-0.39, 0.29) is 30.1 Å². The second-order valence-corrected chi connectivity index (χ2v) is 7.94. The second-order valence-electron chi connectivity index (χ2n) is 6.04. The number of piperidine rings is 1. The standard InChI is InChI=1S/C17H24N2O5S/c1-24-17(21)14-8-4-5-9-15(14)19(25(2,22)23)13-10-16(20)18-11-6-3-7-12-18/h4-5,8-9H,3,6-7,10-13H2,1-2H3. The van der Waals surface area contributed by atoms with Gasteiger partial charge in [0.05, 0.1) is 24.6 Å². The number of likely N-dealkylation sites (tertiary alicyclic amines) is 1. The van der Waals surface area contributed by atoms with Gasteiger partial charge in [0.15, 0.2) is 0 Å². The van der Waals surface area contributed by atoms with E-state index in [1.807, 2.05) is 0 Å². The number of nitrogens with zero attached hydrogens (tertiary/aromatic N) is 2. The summed E-state index contributed by atoms with van der Waals surface area (Å²) in [5, 5.41) is 0. The van der Waals surface area contributed by atoms with E-state index in [9.17, 15) is 18.0 Å². The summed E-state index contributed by atoms with van der Waals surface area (Å²) in [7, 11) is -2.41. The van der Waals surface area contributed by atoms with E-state index in [4.69, 9.17) is 4.74 Å². The Hall–Kier alpha value is -2.09. The Morgan fingerprint density at radius 1 is 1.16 bits per heavy atom. The molecule has 0 atom stereocenters. The maximum absolute atomic E-state index is 12.3. The molecule has 1 heterocycles. The molecule has 0 unspecified atom stereocenters. The van der Waals surface area contributed by atoms with Crippen LogP contribution in [0.1, 0.15) is 36.0 Å². The van der Waals surface area contributed by atoms with E-state index >= 15 is 0 Å². The number of rotatable bonds is 6. The summed E-state index contributed by atoms with van der Waals surface area (Å²) in [5.41, 5.74) is 0.379. The van der Waals surface area contributed by atoms with Crippen LogP contribution in [0.5, 0.6) is 0 Å². The first kappa shape index (κ1) is 19.2. The second kappa shape index (κ2) is 8.33. The highest BCUT2D eigenvalue weighted by Crippen LogP contribution is 2.24. The quantitative estimate of drug-likeness (QED) is 0.713. The van der Waals surface area contributed by atoms with Gasteiger partial charge in [-0.3, -0.25) is 9.10 Å². The lowest BCUT2D eigenvalue weighted by molar-refractivity contribution is -0.131. The van der Waals surface area contributed by atoms with Crippen LogP contribution in [0, 0.1) is 0 Å². The SMILES string of the molecule is COC(=O)c1ccccc1N(CCC(=O)N1CCCCC1)S(C)(=O)=O. The predicted octanol–water partition coefficient (Wildman–Crippen LogP) is 1.64. The number of anilines is 1. The number of sulfonamides is 1. The van der Waals surface area contributed by atoms with Gasteiger partial charge in [0.2, 0.25) is 15.9 Å². The van der Waals surface area contributed by atoms with E-state index in [1.165, 1.54) is 13.2 Å². The summed E-state index contributed by atoms with van der Waals surface area (Å²) >= 11 is 0. The summed E-state index contributed by atoms with van der Waals surface area (Å²) in [6, 6.07) is 6.33. The number of esters is 1. The molecule has 0 aliphatic carbocycles. The number of ether oxygens (including phenoxy) is 1. The van der Waals surface area contributed by atoms with Gasteiger partial charge in [0.25, 0.3) is 0 Å². The molecule has 8 heteroatoms. The van der Waals surface area contributed by atoms with Crippen molar-refractivity contribution in [2.45, 2.75) is 25.7 Å². The Balaban J connectivity index is 2.21. The predicted molar refractivity (Wildman–Crippen MR) is 95.0 cm³/mol. The molecule has 25 heavy (non-hydrogen) atoms. The van der Waals surface area contributed by atoms with Crippen molar-refractivity contribution < 1.29 is 22.7 Å². The van der Waals surface area contributed by atoms with Gasteiger partial charge < -0.3 is 9.64 Å². The molecule has 1 aromatic carbocycles. The van der Waals surface area contributed by atoms with Crippen LogP contribution >= 0.6 is 0 Å². The zero-order valence-corrected chi connectivity index (χ0v) is 15.4. The number of carbonyl (C=O) groups is 2. The molecule has 7 nitrogen and oxygen atoms in total. The van der Waals surface area contributed by atoms with Crippen molar-refractivity contribution in [3.05, 3.63) is 29.8 Å². The van der Waals surface area contributed by atoms with E-state index < -0.39 is 16.0 Å². The smallest absolute Gasteiger partial charge is 0.340 e. The van der Waals surface area contributed by atoms with Crippen LogP contribution in [0.15, 0.2) is 24.3 Å². The lowest BCUT2D eigenvalue weighted by Crippen LogP contribution is -2.39. The van der Waals surface area contributed by atoms with E-state index in [2.05, 4.69) is 0 Å². The van der Waals surface area contributed by atoms with Crippen molar-refractivity contribution in [1.29, 1.82) is 0 Å². The highest BCUT2D eigenvalue weighted by molar-refractivity contribution is 7.92. The van der Waals surface area contributed by atoms with E-state index in [1.54, 1.807) is 23.1 Å². The molecule has 138 valence electrons. The third kappa shape index (κ3) is 4.94. The Bertz CT molecular complexity index is 726. The van der Waals surface area contributed by atoms with Crippen molar-refractivity contribution in [3.8, 4) is 0 Å².